The van der Waals surface area contributed by atoms with Gasteiger partial charge >= 0.3 is 0 Å². The Hall–Kier alpha value is -3.36. The summed E-state index contributed by atoms with van der Waals surface area (Å²) in [6, 6.07) is 19.1. The summed E-state index contributed by atoms with van der Waals surface area (Å²) in [6.45, 7) is 0. The molecule has 0 fully saturated rings. The molecule has 0 aromatic heterocycles. The predicted octanol–water partition coefficient (Wildman–Crippen LogP) is 3.91. The third kappa shape index (κ3) is 5.16. The Morgan fingerprint density at radius 1 is 1.00 bits per heavy atom. The average molecular weight is 444 g/mol. The van der Waals surface area contributed by atoms with Crippen LogP contribution in [0.2, 0.25) is 5.02 Å². The third-order valence-corrected chi connectivity index (χ3v) is 5.68. The summed E-state index contributed by atoms with van der Waals surface area (Å²) in [5, 5.41) is 4.35. The second-order valence-electron chi connectivity index (χ2n) is 6.05. The van der Waals surface area contributed by atoms with Crippen LogP contribution in [0.5, 0.6) is 5.75 Å². The summed E-state index contributed by atoms with van der Waals surface area (Å²) in [4.78, 5) is 12.6. The number of halogens is 1. The first-order valence-corrected chi connectivity index (χ1v) is 10.6. The number of hydrogen-bond donors (Lipinski definition) is 2. The molecule has 3 aromatic carbocycles. The van der Waals surface area contributed by atoms with Crippen LogP contribution in [0.4, 0.5) is 5.69 Å². The first-order chi connectivity index (χ1) is 14.4. The van der Waals surface area contributed by atoms with Crippen LogP contribution >= 0.6 is 11.6 Å². The Labute approximate surface area is 179 Å². The molecule has 0 spiro atoms. The molecule has 7 nitrogen and oxygen atoms in total. The highest BCUT2D eigenvalue weighted by Gasteiger charge is 2.18. The molecular weight excluding hydrogens is 426 g/mol. The quantitative estimate of drug-likeness (QED) is 0.427. The second kappa shape index (κ2) is 9.43. The van der Waals surface area contributed by atoms with Crippen LogP contribution in [0.1, 0.15) is 15.9 Å². The number of amides is 1. The van der Waals surface area contributed by atoms with Crippen molar-refractivity contribution >= 4 is 39.4 Å². The number of methoxy groups -OCH3 is 1. The highest BCUT2D eigenvalue weighted by Crippen LogP contribution is 2.21. The molecule has 3 aromatic rings. The molecule has 0 heterocycles. The van der Waals surface area contributed by atoms with Gasteiger partial charge in [-0.1, -0.05) is 35.9 Å². The molecule has 3 rings (SSSR count). The van der Waals surface area contributed by atoms with E-state index in [2.05, 4.69) is 15.2 Å². The molecule has 0 bridgehead atoms. The SMILES string of the molecule is COc1ccccc1/C=N/NC(=O)c1ccccc1NS(=O)(=O)c1ccc(Cl)cc1. The minimum absolute atomic E-state index is 0.0244. The Bertz CT molecular complexity index is 1180. The minimum Gasteiger partial charge on any atom is -0.496 e. The molecule has 9 heteroatoms. The Balaban J connectivity index is 1.78. The van der Waals surface area contributed by atoms with Crippen molar-refractivity contribution in [2.24, 2.45) is 5.10 Å². The Morgan fingerprint density at radius 3 is 2.40 bits per heavy atom. The van der Waals surface area contributed by atoms with E-state index in [-0.39, 0.29) is 16.1 Å². The summed E-state index contributed by atoms with van der Waals surface area (Å²) in [5.41, 5.74) is 3.31. The summed E-state index contributed by atoms with van der Waals surface area (Å²) < 4.78 is 32.9. The molecule has 0 atom stereocenters. The zero-order chi connectivity index (χ0) is 21.6. The molecule has 0 saturated carbocycles. The maximum absolute atomic E-state index is 12.6. The van der Waals surface area contributed by atoms with Gasteiger partial charge in [-0.3, -0.25) is 9.52 Å². The van der Waals surface area contributed by atoms with Gasteiger partial charge in [-0.2, -0.15) is 5.10 Å². The van der Waals surface area contributed by atoms with Crippen LogP contribution in [-0.2, 0) is 10.0 Å². The number of anilines is 1. The monoisotopic (exact) mass is 443 g/mol. The largest absolute Gasteiger partial charge is 0.496 e. The van der Waals surface area contributed by atoms with E-state index in [0.717, 1.165) is 0 Å². The molecule has 0 aliphatic carbocycles. The van der Waals surface area contributed by atoms with Crippen molar-refractivity contribution in [2.75, 3.05) is 11.8 Å². The number of sulfonamides is 1. The van der Waals surface area contributed by atoms with Crippen LogP contribution in [0.15, 0.2) is 82.8 Å². The van der Waals surface area contributed by atoms with Gasteiger partial charge in [0, 0.05) is 10.6 Å². The van der Waals surface area contributed by atoms with Gasteiger partial charge in [0.05, 0.1) is 29.5 Å². The lowest BCUT2D eigenvalue weighted by Gasteiger charge is -2.12. The fourth-order valence-electron chi connectivity index (χ4n) is 2.58. The number of nitrogens with zero attached hydrogens (tertiary/aromatic N) is 1. The van der Waals surface area contributed by atoms with Crippen molar-refractivity contribution in [1.82, 2.24) is 5.43 Å². The number of hydrogen-bond acceptors (Lipinski definition) is 5. The number of carbonyl (C=O) groups excluding carboxylic acids is 1. The van der Waals surface area contributed by atoms with E-state index in [4.69, 9.17) is 16.3 Å². The Morgan fingerprint density at radius 2 is 1.67 bits per heavy atom. The van der Waals surface area contributed by atoms with Gasteiger partial charge in [-0.25, -0.2) is 13.8 Å². The smallest absolute Gasteiger partial charge is 0.273 e. The molecule has 0 radical (unpaired) electrons. The lowest BCUT2D eigenvalue weighted by atomic mass is 10.2. The number of hydrazone groups is 1. The molecule has 30 heavy (non-hydrogen) atoms. The maximum Gasteiger partial charge on any atom is 0.273 e. The van der Waals surface area contributed by atoms with Gasteiger partial charge in [0.1, 0.15) is 5.75 Å². The van der Waals surface area contributed by atoms with Crippen LogP contribution in [-0.4, -0.2) is 27.6 Å². The van der Waals surface area contributed by atoms with Gasteiger partial charge in [-0.05, 0) is 48.5 Å². The van der Waals surface area contributed by atoms with Crippen LogP contribution < -0.4 is 14.9 Å². The van der Waals surface area contributed by atoms with Crippen molar-refractivity contribution in [3.8, 4) is 5.75 Å². The molecule has 0 aliphatic heterocycles. The topological polar surface area (TPSA) is 96.9 Å². The highest BCUT2D eigenvalue weighted by molar-refractivity contribution is 7.92. The van der Waals surface area contributed by atoms with Crippen molar-refractivity contribution in [3.05, 3.63) is 88.9 Å². The molecule has 0 unspecified atom stereocenters. The van der Waals surface area contributed by atoms with Crippen molar-refractivity contribution < 1.29 is 17.9 Å². The second-order valence-corrected chi connectivity index (χ2v) is 8.16. The van der Waals surface area contributed by atoms with Gasteiger partial charge in [0.2, 0.25) is 0 Å². The summed E-state index contributed by atoms with van der Waals surface area (Å²) in [5.74, 6) is 0.0298. The van der Waals surface area contributed by atoms with Gasteiger partial charge in [-0.15, -0.1) is 0 Å². The highest BCUT2D eigenvalue weighted by atomic mass is 35.5. The van der Waals surface area contributed by atoms with Crippen LogP contribution in [0.25, 0.3) is 0 Å². The summed E-state index contributed by atoms with van der Waals surface area (Å²) in [7, 11) is -2.37. The lowest BCUT2D eigenvalue weighted by Crippen LogP contribution is -2.21. The van der Waals surface area contributed by atoms with E-state index in [1.807, 2.05) is 12.1 Å². The average Bonchev–Trinajstić information content (AvgIpc) is 2.74. The van der Waals surface area contributed by atoms with Crippen molar-refractivity contribution in [1.29, 1.82) is 0 Å². The zero-order valence-corrected chi connectivity index (χ0v) is 17.4. The first kappa shape index (κ1) is 21.4. The maximum atomic E-state index is 12.6. The normalized spacial score (nSPS) is 11.3. The van der Waals surface area contributed by atoms with Gasteiger partial charge in [0.25, 0.3) is 15.9 Å². The van der Waals surface area contributed by atoms with E-state index in [0.29, 0.717) is 16.3 Å². The predicted molar refractivity (Wildman–Crippen MR) is 117 cm³/mol. The fraction of sp³-hybridized carbons (Fsp3) is 0.0476. The van der Waals surface area contributed by atoms with E-state index in [1.54, 1.807) is 24.3 Å². The fourth-order valence-corrected chi connectivity index (χ4v) is 3.79. The number of ether oxygens (including phenoxy) is 1. The van der Waals surface area contributed by atoms with E-state index < -0.39 is 15.9 Å². The molecule has 2 N–H and O–H groups in total. The van der Waals surface area contributed by atoms with E-state index in [1.165, 1.54) is 49.7 Å². The standard InChI is InChI=1S/C21H18ClN3O4S/c1-29-20-9-5-2-6-15(20)14-23-24-21(26)18-7-3-4-8-19(18)25-30(27,28)17-12-10-16(22)11-13-17/h2-14,25H,1H3,(H,24,26)/b23-14+. The summed E-state index contributed by atoms with van der Waals surface area (Å²) in [6.07, 6.45) is 1.44. The van der Waals surface area contributed by atoms with Gasteiger partial charge < -0.3 is 4.74 Å². The van der Waals surface area contributed by atoms with Crippen LogP contribution in [0.3, 0.4) is 0 Å². The van der Waals surface area contributed by atoms with Crippen LogP contribution in [0, 0.1) is 0 Å². The van der Waals surface area contributed by atoms with E-state index in [9.17, 15) is 13.2 Å². The molecule has 0 aliphatic rings. The lowest BCUT2D eigenvalue weighted by molar-refractivity contribution is 0.0956. The third-order valence-electron chi connectivity index (χ3n) is 4.05. The number of rotatable bonds is 7. The summed E-state index contributed by atoms with van der Waals surface area (Å²) >= 11 is 5.81. The first-order valence-electron chi connectivity index (χ1n) is 8.74. The number of carbonyl (C=O) groups is 1. The number of para-hydroxylation sites is 2. The Kier molecular flexibility index (Phi) is 6.71. The molecule has 154 valence electrons. The van der Waals surface area contributed by atoms with Crippen molar-refractivity contribution in [2.45, 2.75) is 4.90 Å². The van der Waals surface area contributed by atoms with Crippen molar-refractivity contribution in [3.63, 3.8) is 0 Å². The number of benzene rings is 3. The molecule has 1 amide bonds. The molecule has 0 saturated heterocycles. The minimum atomic E-state index is -3.90. The van der Waals surface area contributed by atoms with Gasteiger partial charge in [0.15, 0.2) is 0 Å². The number of nitrogens with one attached hydrogen (secondary N) is 2. The zero-order valence-electron chi connectivity index (χ0n) is 15.9. The van der Waals surface area contributed by atoms with E-state index >= 15 is 0 Å². The molecular formula is C21H18ClN3O4S.